The van der Waals surface area contributed by atoms with Crippen LogP contribution in [0.15, 0.2) is 35.5 Å². The second kappa shape index (κ2) is 6.55. The first-order valence-electron chi connectivity index (χ1n) is 5.93. The highest BCUT2D eigenvalue weighted by atomic mass is 32.2. The zero-order valence-corrected chi connectivity index (χ0v) is 11.2. The van der Waals surface area contributed by atoms with Crippen LogP contribution in [0.4, 0.5) is 5.95 Å². The first kappa shape index (κ1) is 13.9. The van der Waals surface area contributed by atoms with Crippen molar-refractivity contribution < 1.29 is 5.11 Å². The van der Waals surface area contributed by atoms with Crippen molar-refractivity contribution in [1.29, 1.82) is 0 Å². The molecule has 0 fully saturated rings. The number of anilines is 1. The van der Waals surface area contributed by atoms with Crippen molar-refractivity contribution in [3.63, 3.8) is 0 Å². The summed E-state index contributed by atoms with van der Waals surface area (Å²) in [5.41, 5.74) is 12.5. The van der Waals surface area contributed by atoms with Crippen LogP contribution < -0.4 is 11.5 Å². The third-order valence-corrected chi connectivity index (χ3v) is 3.62. The Kier molecular flexibility index (Phi) is 4.78. The van der Waals surface area contributed by atoms with Gasteiger partial charge in [-0.2, -0.15) is 4.98 Å². The van der Waals surface area contributed by atoms with Crippen molar-refractivity contribution >= 4 is 17.7 Å². The minimum absolute atomic E-state index is 0.269. The summed E-state index contributed by atoms with van der Waals surface area (Å²) >= 11 is 1.32. The lowest BCUT2D eigenvalue weighted by Gasteiger charge is -2.17. The van der Waals surface area contributed by atoms with Crippen LogP contribution in [0.2, 0.25) is 0 Å². The van der Waals surface area contributed by atoms with E-state index in [0.717, 1.165) is 5.56 Å². The van der Waals surface area contributed by atoms with Gasteiger partial charge in [0.2, 0.25) is 11.1 Å². The smallest absolute Gasteiger partial charge is 0.216 e. The summed E-state index contributed by atoms with van der Waals surface area (Å²) in [6.45, 7) is 0. The van der Waals surface area contributed by atoms with E-state index in [-0.39, 0.29) is 12.0 Å². The number of nitrogen functional groups attached to an aromatic ring is 1. The second-order valence-corrected chi connectivity index (χ2v) is 5.22. The zero-order valence-electron chi connectivity index (χ0n) is 10.4. The van der Waals surface area contributed by atoms with Crippen molar-refractivity contribution in [2.45, 2.75) is 23.7 Å². The lowest BCUT2D eigenvalue weighted by atomic mass is 10.0. The quantitative estimate of drug-likeness (QED) is 0.569. The Balaban J connectivity index is 1.80. The normalized spacial score (nSPS) is 14.2. The summed E-state index contributed by atoms with van der Waals surface area (Å²) in [7, 11) is 0. The van der Waals surface area contributed by atoms with Crippen LogP contribution in [-0.4, -0.2) is 38.2 Å². The Morgan fingerprint density at radius 1 is 1.32 bits per heavy atom. The van der Waals surface area contributed by atoms with Crippen LogP contribution in [-0.2, 0) is 6.42 Å². The molecule has 0 spiro atoms. The molecule has 0 bridgehead atoms. The monoisotopic (exact) mass is 279 g/mol. The van der Waals surface area contributed by atoms with Gasteiger partial charge in [0, 0.05) is 11.8 Å². The standard InChI is InChI=1S/C12H17N5OS/c13-9(6-8-4-2-1-3-5-8)10(18)7-19-12-15-11(14)16-17-12/h1-5,9-10,18H,6-7,13H2,(H3,14,15,16,17). The number of hydrogen-bond acceptors (Lipinski definition) is 6. The fraction of sp³-hybridized carbons (Fsp3) is 0.333. The molecule has 1 aromatic heterocycles. The van der Waals surface area contributed by atoms with Crippen molar-refractivity contribution in [3.8, 4) is 0 Å². The van der Waals surface area contributed by atoms with Gasteiger partial charge >= 0.3 is 0 Å². The molecule has 0 amide bonds. The Bertz CT molecular complexity index is 504. The molecule has 0 saturated carbocycles. The molecular weight excluding hydrogens is 262 g/mol. The van der Waals surface area contributed by atoms with Crippen LogP contribution in [0.5, 0.6) is 0 Å². The van der Waals surface area contributed by atoms with Crippen LogP contribution in [0.1, 0.15) is 5.56 Å². The number of aliphatic hydroxyl groups is 1. The van der Waals surface area contributed by atoms with E-state index in [9.17, 15) is 5.11 Å². The number of nitrogens with zero attached hydrogens (tertiary/aromatic N) is 2. The maximum Gasteiger partial charge on any atom is 0.216 e. The van der Waals surface area contributed by atoms with E-state index in [0.29, 0.717) is 17.3 Å². The maximum atomic E-state index is 10.0. The lowest BCUT2D eigenvalue weighted by Crippen LogP contribution is -2.38. The number of hydrogen-bond donors (Lipinski definition) is 4. The van der Waals surface area contributed by atoms with Gasteiger partial charge in [0.1, 0.15) is 0 Å². The zero-order chi connectivity index (χ0) is 13.7. The van der Waals surface area contributed by atoms with Gasteiger partial charge in [-0.1, -0.05) is 42.1 Å². The third-order valence-electron chi connectivity index (χ3n) is 2.67. The molecule has 6 nitrogen and oxygen atoms in total. The van der Waals surface area contributed by atoms with Crippen LogP contribution in [0.25, 0.3) is 0 Å². The van der Waals surface area contributed by atoms with Gasteiger partial charge in [-0.15, -0.1) is 5.10 Å². The summed E-state index contributed by atoms with van der Waals surface area (Å²) in [6, 6.07) is 9.55. The van der Waals surface area contributed by atoms with Gasteiger partial charge in [0.15, 0.2) is 0 Å². The van der Waals surface area contributed by atoms with Crippen molar-refractivity contribution in [2.75, 3.05) is 11.5 Å². The van der Waals surface area contributed by atoms with Gasteiger partial charge in [-0.25, -0.2) is 5.10 Å². The highest BCUT2D eigenvalue weighted by Gasteiger charge is 2.16. The van der Waals surface area contributed by atoms with E-state index in [1.54, 1.807) is 0 Å². The highest BCUT2D eigenvalue weighted by molar-refractivity contribution is 7.99. The second-order valence-electron chi connectivity index (χ2n) is 4.24. The van der Waals surface area contributed by atoms with Crippen LogP contribution >= 0.6 is 11.8 Å². The Labute approximate surface area is 115 Å². The number of aromatic nitrogens is 3. The summed E-state index contributed by atoms with van der Waals surface area (Å²) in [4.78, 5) is 3.95. The van der Waals surface area contributed by atoms with Crippen molar-refractivity contribution in [1.82, 2.24) is 15.2 Å². The van der Waals surface area contributed by atoms with Gasteiger partial charge in [-0.3, -0.25) is 0 Å². The molecule has 19 heavy (non-hydrogen) atoms. The summed E-state index contributed by atoms with van der Waals surface area (Å²) in [5, 5.41) is 16.9. The molecule has 0 aliphatic carbocycles. The van der Waals surface area contributed by atoms with Gasteiger partial charge in [-0.05, 0) is 12.0 Å². The minimum Gasteiger partial charge on any atom is -0.391 e. The molecule has 0 aliphatic rings. The fourth-order valence-corrected chi connectivity index (χ4v) is 2.47. The van der Waals surface area contributed by atoms with E-state index in [2.05, 4.69) is 15.2 Å². The van der Waals surface area contributed by atoms with E-state index in [1.807, 2.05) is 30.3 Å². The van der Waals surface area contributed by atoms with Crippen LogP contribution in [0, 0.1) is 0 Å². The highest BCUT2D eigenvalue weighted by Crippen LogP contribution is 2.16. The molecule has 0 radical (unpaired) electrons. The first-order valence-corrected chi connectivity index (χ1v) is 6.92. The Morgan fingerprint density at radius 2 is 2.05 bits per heavy atom. The van der Waals surface area contributed by atoms with Gasteiger partial charge in [0.25, 0.3) is 0 Å². The summed E-state index contributed by atoms with van der Waals surface area (Å²) in [6.07, 6.45) is 0.0172. The molecular formula is C12H17N5OS. The Morgan fingerprint density at radius 3 is 2.68 bits per heavy atom. The number of rotatable bonds is 6. The van der Waals surface area contributed by atoms with E-state index in [1.165, 1.54) is 11.8 Å². The molecule has 0 aliphatic heterocycles. The number of nitrogens with one attached hydrogen (secondary N) is 1. The predicted octanol–water partition coefficient (Wildman–Crippen LogP) is 0.410. The van der Waals surface area contributed by atoms with Crippen molar-refractivity contribution in [3.05, 3.63) is 35.9 Å². The van der Waals surface area contributed by atoms with Gasteiger partial charge in [0.05, 0.1) is 6.10 Å². The summed E-state index contributed by atoms with van der Waals surface area (Å²) < 4.78 is 0. The number of nitrogens with two attached hydrogens (primary N) is 2. The number of thioether (sulfide) groups is 1. The molecule has 0 saturated heterocycles. The average molecular weight is 279 g/mol. The number of aromatic amines is 1. The average Bonchev–Trinajstić information content (AvgIpc) is 2.83. The number of benzene rings is 1. The molecule has 6 N–H and O–H groups in total. The molecule has 2 unspecified atom stereocenters. The SMILES string of the molecule is Nc1nc(SCC(O)C(N)Cc2ccccc2)n[nH]1. The van der Waals surface area contributed by atoms with E-state index in [4.69, 9.17) is 11.5 Å². The topological polar surface area (TPSA) is 114 Å². The summed E-state index contributed by atoms with van der Waals surface area (Å²) in [5.74, 6) is 0.705. The number of H-pyrrole nitrogens is 1. The van der Waals surface area contributed by atoms with Crippen molar-refractivity contribution in [2.24, 2.45) is 5.73 Å². The molecule has 2 rings (SSSR count). The Hall–Kier alpha value is -1.57. The van der Waals surface area contributed by atoms with Gasteiger partial charge < -0.3 is 16.6 Å². The third kappa shape index (κ3) is 4.23. The largest absolute Gasteiger partial charge is 0.391 e. The lowest BCUT2D eigenvalue weighted by molar-refractivity contribution is 0.167. The molecule has 2 aromatic rings. The maximum absolute atomic E-state index is 10.0. The minimum atomic E-state index is -0.620. The first-order chi connectivity index (χ1) is 9.15. The fourth-order valence-electron chi connectivity index (χ4n) is 1.63. The molecule has 1 aromatic carbocycles. The van der Waals surface area contributed by atoms with Crippen LogP contribution in [0.3, 0.4) is 0 Å². The number of aliphatic hydroxyl groups excluding tert-OH is 1. The van der Waals surface area contributed by atoms with E-state index >= 15 is 0 Å². The molecule has 102 valence electrons. The van der Waals surface area contributed by atoms with E-state index < -0.39 is 6.10 Å². The molecule has 7 heteroatoms. The molecule has 1 heterocycles. The molecule has 2 atom stereocenters. The predicted molar refractivity (Wildman–Crippen MR) is 75.6 cm³/mol.